The van der Waals surface area contributed by atoms with E-state index >= 15 is 0 Å². The van der Waals surface area contributed by atoms with Crippen LogP contribution in [0.4, 0.5) is 0 Å². The molecule has 1 aliphatic rings. The molecule has 1 heterocycles. The van der Waals surface area contributed by atoms with Crippen LogP contribution < -0.4 is 11.1 Å². The molecule has 1 aromatic heterocycles. The highest BCUT2D eigenvalue weighted by Crippen LogP contribution is 2.44. The Morgan fingerprint density at radius 3 is 2.94 bits per heavy atom. The maximum atomic E-state index is 11.8. The molecule has 1 aromatic rings. The molecule has 0 saturated heterocycles. The fraction of sp³-hybridized carbons (Fsp3) is 0.636. The molecule has 1 fully saturated rings. The average molecular weight is 222 g/mol. The topological polar surface area (TPSA) is 72.9 Å². The smallest absolute Gasteiger partial charge is 0.227 e. The van der Waals surface area contributed by atoms with Gasteiger partial charge in [-0.1, -0.05) is 0 Å². The van der Waals surface area contributed by atoms with Crippen LogP contribution in [0.2, 0.25) is 0 Å². The van der Waals surface area contributed by atoms with Crippen LogP contribution in [-0.2, 0) is 18.3 Å². The molecule has 2 rings (SSSR count). The molecule has 16 heavy (non-hydrogen) atoms. The minimum absolute atomic E-state index is 0.101. The predicted molar refractivity (Wildman–Crippen MR) is 60.6 cm³/mol. The van der Waals surface area contributed by atoms with Crippen molar-refractivity contribution in [2.24, 2.45) is 18.2 Å². The lowest BCUT2D eigenvalue weighted by atomic mass is 10.1. The van der Waals surface area contributed by atoms with Gasteiger partial charge in [-0.05, 0) is 12.8 Å². The molecule has 5 nitrogen and oxygen atoms in total. The second-order valence-electron chi connectivity index (χ2n) is 4.44. The fourth-order valence-corrected chi connectivity index (χ4v) is 1.79. The molecule has 0 aliphatic heterocycles. The van der Waals surface area contributed by atoms with E-state index in [0.717, 1.165) is 25.1 Å². The van der Waals surface area contributed by atoms with Gasteiger partial charge in [0.05, 0.1) is 5.41 Å². The third kappa shape index (κ3) is 2.09. The van der Waals surface area contributed by atoms with E-state index in [1.165, 1.54) is 0 Å². The van der Waals surface area contributed by atoms with Crippen LogP contribution in [0.1, 0.15) is 18.7 Å². The summed E-state index contributed by atoms with van der Waals surface area (Å²) in [5, 5.41) is 2.93. The molecule has 0 spiro atoms. The Hall–Kier alpha value is -1.36. The van der Waals surface area contributed by atoms with Gasteiger partial charge in [-0.3, -0.25) is 4.79 Å². The first kappa shape index (κ1) is 11.1. The average Bonchev–Trinajstić information content (AvgIpc) is 2.99. The Bertz CT molecular complexity index is 381. The molecule has 3 N–H and O–H groups in total. The largest absolute Gasteiger partial charge is 0.355 e. The number of nitrogens with zero attached hydrogens (tertiary/aromatic N) is 2. The number of aryl methyl sites for hydroxylation is 1. The number of imidazole rings is 1. The van der Waals surface area contributed by atoms with Crippen LogP contribution in [0.5, 0.6) is 0 Å². The summed E-state index contributed by atoms with van der Waals surface area (Å²) in [6.45, 7) is 1.09. The van der Waals surface area contributed by atoms with E-state index in [2.05, 4.69) is 10.3 Å². The highest BCUT2D eigenvalue weighted by atomic mass is 16.2. The molecule has 1 amide bonds. The van der Waals surface area contributed by atoms with Crippen LogP contribution in [0, 0.1) is 5.41 Å². The number of carbonyl (C=O) groups excluding carboxylic acids is 1. The Morgan fingerprint density at radius 1 is 1.69 bits per heavy atom. The highest BCUT2D eigenvalue weighted by Gasteiger charge is 2.48. The first-order valence-corrected chi connectivity index (χ1v) is 5.62. The summed E-state index contributed by atoms with van der Waals surface area (Å²) in [4.78, 5) is 16.0. The zero-order valence-corrected chi connectivity index (χ0v) is 9.57. The lowest BCUT2D eigenvalue weighted by Crippen LogP contribution is -2.37. The van der Waals surface area contributed by atoms with Crippen molar-refractivity contribution in [2.45, 2.75) is 19.3 Å². The third-order valence-electron chi connectivity index (χ3n) is 3.28. The van der Waals surface area contributed by atoms with Crippen LogP contribution in [0.15, 0.2) is 12.4 Å². The van der Waals surface area contributed by atoms with E-state index in [-0.39, 0.29) is 11.3 Å². The molecule has 1 saturated carbocycles. The Kier molecular flexibility index (Phi) is 2.96. The summed E-state index contributed by atoms with van der Waals surface area (Å²) < 4.78 is 1.96. The molecule has 0 atom stereocenters. The lowest BCUT2D eigenvalue weighted by molar-refractivity contribution is -0.125. The summed E-state index contributed by atoms with van der Waals surface area (Å²) >= 11 is 0. The van der Waals surface area contributed by atoms with Gasteiger partial charge in [-0.25, -0.2) is 4.98 Å². The van der Waals surface area contributed by atoms with Gasteiger partial charge in [0, 0.05) is 39.0 Å². The first-order valence-electron chi connectivity index (χ1n) is 5.62. The number of hydrogen-bond acceptors (Lipinski definition) is 3. The fourth-order valence-electron chi connectivity index (χ4n) is 1.79. The van der Waals surface area contributed by atoms with Gasteiger partial charge >= 0.3 is 0 Å². The SMILES string of the molecule is Cn1ccnc1CCNC(=O)C1(CN)CC1. The minimum atomic E-state index is -0.248. The quantitative estimate of drug-likeness (QED) is 0.725. The van der Waals surface area contributed by atoms with Gasteiger partial charge in [-0.2, -0.15) is 0 Å². The van der Waals surface area contributed by atoms with Crippen molar-refractivity contribution in [1.82, 2.24) is 14.9 Å². The van der Waals surface area contributed by atoms with Crippen molar-refractivity contribution in [2.75, 3.05) is 13.1 Å². The molecule has 0 radical (unpaired) electrons. The zero-order valence-electron chi connectivity index (χ0n) is 9.57. The van der Waals surface area contributed by atoms with Gasteiger partial charge in [0.1, 0.15) is 5.82 Å². The Labute approximate surface area is 95.0 Å². The van der Waals surface area contributed by atoms with Gasteiger partial charge in [0.15, 0.2) is 0 Å². The predicted octanol–water partition coefficient (Wildman–Crippen LogP) is -0.182. The van der Waals surface area contributed by atoms with Crippen molar-refractivity contribution >= 4 is 5.91 Å². The first-order chi connectivity index (χ1) is 7.68. The molecule has 0 unspecified atom stereocenters. The van der Waals surface area contributed by atoms with E-state index in [1.54, 1.807) is 6.20 Å². The second-order valence-corrected chi connectivity index (χ2v) is 4.44. The van der Waals surface area contributed by atoms with Crippen molar-refractivity contribution in [1.29, 1.82) is 0 Å². The number of nitrogens with one attached hydrogen (secondary N) is 1. The second kappa shape index (κ2) is 4.25. The number of aromatic nitrogens is 2. The maximum Gasteiger partial charge on any atom is 0.227 e. The number of carbonyl (C=O) groups is 1. The van der Waals surface area contributed by atoms with E-state index in [0.29, 0.717) is 13.1 Å². The summed E-state index contributed by atoms with van der Waals surface area (Å²) in [6.07, 6.45) is 6.28. The Morgan fingerprint density at radius 2 is 2.44 bits per heavy atom. The monoisotopic (exact) mass is 222 g/mol. The number of hydrogen-bond donors (Lipinski definition) is 2. The van der Waals surface area contributed by atoms with Crippen LogP contribution in [0.25, 0.3) is 0 Å². The molecule has 0 bridgehead atoms. The standard InChI is InChI=1S/C11H18N4O/c1-15-7-6-13-9(15)2-5-14-10(16)11(8-12)3-4-11/h6-7H,2-5,8,12H2,1H3,(H,14,16). The molecular weight excluding hydrogens is 204 g/mol. The number of nitrogens with two attached hydrogens (primary N) is 1. The summed E-state index contributed by atoms with van der Waals surface area (Å²) in [6, 6.07) is 0. The molecule has 5 heteroatoms. The van der Waals surface area contributed by atoms with Crippen LogP contribution in [-0.4, -0.2) is 28.5 Å². The Balaban J connectivity index is 1.77. The maximum absolute atomic E-state index is 11.8. The van der Waals surface area contributed by atoms with E-state index in [1.807, 2.05) is 17.8 Å². The van der Waals surface area contributed by atoms with E-state index in [9.17, 15) is 4.79 Å². The van der Waals surface area contributed by atoms with Crippen molar-refractivity contribution in [3.05, 3.63) is 18.2 Å². The van der Waals surface area contributed by atoms with Gasteiger partial charge in [0.2, 0.25) is 5.91 Å². The normalized spacial score (nSPS) is 17.1. The van der Waals surface area contributed by atoms with E-state index in [4.69, 9.17) is 5.73 Å². The molecular formula is C11H18N4O. The summed E-state index contributed by atoms with van der Waals surface area (Å²) in [5.41, 5.74) is 5.33. The van der Waals surface area contributed by atoms with Gasteiger partial charge in [0.25, 0.3) is 0 Å². The van der Waals surface area contributed by atoms with Crippen molar-refractivity contribution < 1.29 is 4.79 Å². The van der Waals surface area contributed by atoms with E-state index < -0.39 is 0 Å². The van der Waals surface area contributed by atoms with Crippen molar-refractivity contribution in [3.8, 4) is 0 Å². The lowest BCUT2D eigenvalue weighted by Gasteiger charge is -2.12. The summed E-state index contributed by atoms with van der Waals surface area (Å²) in [7, 11) is 1.95. The number of rotatable bonds is 5. The highest BCUT2D eigenvalue weighted by molar-refractivity contribution is 5.85. The van der Waals surface area contributed by atoms with Crippen molar-refractivity contribution in [3.63, 3.8) is 0 Å². The summed E-state index contributed by atoms with van der Waals surface area (Å²) in [5.74, 6) is 1.09. The molecule has 0 aromatic carbocycles. The van der Waals surface area contributed by atoms with Gasteiger partial charge < -0.3 is 15.6 Å². The van der Waals surface area contributed by atoms with Crippen LogP contribution in [0.3, 0.4) is 0 Å². The third-order valence-corrected chi connectivity index (χ3v) is 3.28. The number of amides is 1. The van der Waals surface area contributed by atoms with Gasteiger partial charge in [-0.15, -0.1) is 0 Å². The molecule has 1 aliphatic carbocycles. The minimum Gasteiger partial charge on any atom is -0.355 e. The zero-order chi connectivity index (χ0) is 11.6. The molecule has 88 valence electrons. The van der Waals surface area contributed by atoms with Crippen LogP contribution >= 0.6 is 0 Å².